The van der Waals surface area contributed by atoms with Crippen LogP contribution in [0.2, 0.25) is 0 Å². The molecular formula is C12H18O4S. The third kappa shape index (κ3) is 5.70. The number of aliphatic hydroxyl groups excluding tert-OH is 1. The Balaban J connectivity index is 2.47. The molecule has 5 heteroatoms. The zero-order valence-corrected chi connectivity index (χ0v) is 10.9. The molecule has 0 spiro atoms. The predicted octanol–water partition coefficient (Wildman–Crippen LogP) is 1.03. The molecule has 17 heavy (non-hydrogen) atoms. The van der Waals surface area contributed by atoms with Gasteiger partial charge in [-0.1, -0.05) is 12.1 Å². The largest absolute Gasteiger partial charge is 0.497 e. The topological polar surface area (TPSA) is 63.6 Å². The van der Waals surface area contributed by atoms with Gasteiger partial charge in [0.2, 0.25) is 0 Å². The zero-order chi connectivity index (χ0) is 12.9. The molecule has 0 aliphatic heterocycles. The lowest BCUT2D eigenvalue weighted by Crippen LogP contribution is -2.16. The molecule has 0 amide bonds. The van der Waals surface area contributed by atoms with Crippen molar-refractivity contribution >= 4 is 9.84 Å². The van der Waals surface area contributed by atoms with E-state index in [1.807, 2.05) is 24.3 Å². The number of aliphatic hydroxyl groups is 1. The highest BCUT2D eigenvalue weighted by molar-refractivity contribution is 7.90. The summed E-state index contributed by atoms with van der Waals surface area (Å²) in [5, 5.41) is 9.70. The first-order chi connectivity index (χ1) is 7.90. The van der Waals surface area contributed by atoms with Gasteiger partial charge < -0.3 is 9.84 Å². The molecule has 1 atom stereocenters. The standard InChI is InChI=1S/C12H18O4S/c1-16-12-5-3-10(4-6-12)9-11(13)7-8-17(2,14)15/h3-6,11,13H,7-9H2,1-2H3. The third-order valence-electron chi connectivity index (χ3n) is 2.45. The predicted molar refractivity (Wildman–Crippen MR) is 67.0 cm³/mol. The van der Waals surface area contributed by atoms with Gasteiger partial charge in [0, 0.05) is 6.26 Å². The van der Waals surface area contributed by atoms with E-state index in [1.54, 1.807) is 7.11 Å². The molecule has 0 saturated heterocycles. The van der Waals surface area contributed by atoms with Crippen molar-refractivity contribution in [3.8, 4) is 5.75 Å². The van der Waals surface area contributed by atoms with Crippen LogP contribution in [-0.4, -0.2) is 38.7 Å². The summed E-state index contributed by atoms with van der Waals surface area (Å²) in [6, 6.07) is 7.36. The molecule has 0 heterocycles. The number of rotatable bonds is 6. The van der Waals surface area contributed by atoms with Crippen LogP contribution in [0.15, 0.2) is 24.3 Å². The fourth-order valence-electron chi connectivity index (χ4n) is 1.49. The maximum absolute atomic E-state index is 10.9. The molecule has 4 nitrogen and oxygen atoms in total. The Bertz CT molecular complexity index is 436. The first-order valence-electron chi connectivity index (χ1n) is 5.39. The van der Waals surface area contributed by atoms with Gasteiger partial charge in [-0.2, -0.15) is 0 Å². The van der Waals surface area contributed by atoms with Crippen LogP contribution in [0.1, 0.15) is 12.0 Å². The molecule has 1 aromatic carbocycles. The molecule has 0 fully saturated rings. The minimum Gasteiger partial charge on any atom is -0.497 e. The highest BCUT2D eigenvalue weighted by Gasteiger charge is 2.10. The summed E-state index contributed by atoms with van der Waals surface area (Å²) in [5.41, 5.74) is 0.965. The van der Waals surface area contributed by atoms with Crippen molar-refractivity contribution < 1.29 is 18.3 Å². The minimum absolute atomic E-state index is 0.0182. The van der Waals surface area contributed by atoms with E-state index < -0.39 is 15.9 Å². The molecule has 1 aromatic rings. The highest BCUT2D eigenvalue weighted by atomic mass is 32.2. The lowest BCUT2D eigenvalue weighted by Gasteiger charge is -2.10. The van der Waals surface area contributed by atoms with E-state index >= 15 is 0 Å². The average molecular weight is 258 g/mol. The number of methoxy groups -OCH3 is 1. The number of benzene rings is 1. The Kier molecular flexibility index (Phi) is 4.96. The van der Waals surface area contributed by atoms with Gasteiger partial charge in [0.25, 0.3) is 0 Å². The Labute approximate surface area is 102 Å². The van der Waals surface area contributed by atoms with Gasteiger partial charge in [0.1, 0.15) is 15.6 Å². The average Bonchev–Trinajstić information content (AvgIpc) is 2.27. The van der Waals surface area contributed by atoms with E-state index in [4.69, 9.17) is 4.74 Å². The van der Waals surface area contributed by atoms with Crippen LogP contribution >= 0.6 is 0 Å². The molecule has 0 radical (unpaired) electrons. The van der Waals surface area contributed by atoms with Crippen molar-refractivity contribution in [3.05, 3.63) is 29.8 Å². The number of hydrogen-bond donors (Lipinski definition) is 1. The van der Waals surface area contributed by atoms with Crippen LogP contribution in [0.25, 0.3) is 0 Å². The van der Waals surface area contributed by atoms with Crippen LogP contribution in [-0.2, 0) is 16.3 Å². The number of hydrogen-bond acceptors (Lipinski definition) is 4. The monoisotopic (exact) mass is 258 g/mol. The smallest absolute Gasteiger partial charge is 0.147 e. The minimum atomic E-state index is -3.00. The zero-order valence-electron chi connectivity index (χ0n) is 10.1. The van der Waals surface area contributed by atoms with E-state index in [1.165, 1.54) is 6.26 Å². The first kappa shape index (κ1) is 14.0. The normalized spacial score (nSPS) is 13.4. The van der Waals surface area contributed by atoms with Crippen LogP contribution in [0.3, 0.4) is 0 Å². The van der Waals surface area contributed by atoms with E-state index in [0.717, 1.165) is 11.3 Å². The molecule has 0 saturated carbocycles. The maximum Gasteiger partial charge on any atom is 0.147 e. The van der Waals surface area contributed by atoms with Gasteiger partial charge in [-0.3, -0.25) is 0 Å². The SMILES string of the molecule is COc1ccc(CC(O)CCS(C)(=O)=O)cc1. The first-order valence-corrected chi connectivity index (χ1v) is 7.45. The van der Waals surface area contributed by atoms with Crippen LogP contribution in [0, 0.1) is 0 Å². The highest BCUT2D eigenvalue weighted by Crippen LogP contribution is 2.13. The molecule has 0 bridgehead atoms. The van der Waals surface area contributed by atoms with Crippen molar-refractivity contribution in [1.29, 1.82) is 0 Å². The van der Waals surface area contributed by atoms with Gasteiger partial charge in [-0.15, -0.1) is 0 Å². The Morgan fingerprint density at radius 1 is 1.29 bits per heavy atom. The van der Waals surface area contributed by atoms with Crippen molar-refractivity contribution in [1.82, 2.24) is 0 Å². The second kappa shape index (κ2) is 6.02. The summed E-state index contributed by atoms with van der Waals surface area (Å²) in [4.78, 5) is 0. The number of sulfone groups is 1. The molecule has 1 unspecified atom stereocenters. The summed E-state index contributed by atoms with van der Waals surface area (Å²) in [6.07, 6.45) is 1.27. The molecule has 0 aliphatic rings. The molecule has 0 aliphatic carbocycles. The Morgan fingerprint density at radius 3 is 2.35 bits per heavy atom. The molecule has 1 rings (SSSR count). The summed E-state index contributed by atoms with van der Waals surface area (Å²) in [7, 11) is -1.41. The fraction of sp³-hybridized carbons (Fsp3) is 0.500. The van der Waals surface area contributed by atoms with Gasteiger partial charge in [0.15, 0.2) is 0 Å². The fourth-order valence-corrected chi connectivity index (χ4v) is 2.19. The molecule has 1 N–H and O–H groups in total. The quantitative estimate of drug-likeness (QED) is 0.828. The van der Waals surface area contributed by atoms with Crippen LogP contribution < -0.4 is 4.74 Å². The summed E-state index contributed by atoms with van der Waals surface area (Å²) in [5.74, 6) is 0.781. The lowest BCUT2D eigenvalue weighted by atomic mass is 10.1. The molecule has 96 valence electrons. The summed E-state index contributed by atoms with van der Waals surface area (Å²) >= 11 is 0. The van der Waals surface area contributed by atoms with Crippen LogP contribution in [0.4, 0.5) is 0 Å². The maximum atomic E-state index is 10.9. The summed E-state index contributed by atoms with van der Waals surface area (Å²) < 4.78 is 26.9. The van der Waals surface area contributed by atoms with Gasteiger partial charge >= 0.3 is 0 Å². The second-order valence-electron chi connectivity index (χ2n) is 4.12. The summed E-state index contributed by atoms with van der Waals surface area (Å²) in [6.45, 7) is 0. The van der Waals surface area contributed by atoms with Crippen molar-refractivity contribution in [2.45, 2.75) is 18.9 Å². The van der Waals surface area contributed by atoms with Gasteiger partial charge in [0.05, 0.1) is 19.0 Å². The van der Waals surface area contributed by atoms with Crippen molar-refractivity contribution in [2.24, 2.45) is 0 Å². The van der Waals surface area contributed by atoms with E-state index in [-0.39, 0.29) is 12.2 Å². The Morgan fingerprint density at radius 2 is 1.88 bits per heavy atom. The second-order valence-corrected chi connectivity index (χ2v) is 6.38. The Hall–Kier alpha value is -1.07. The van der Waals surface area contributed by atoms with E-state index in [9.17, 15) is 13.5 Å². The van der Waals surface area contributed by atoms with Crippen molar-refractivity contribution in [2.75, 3.05) is 19.1 Å². The van der Waals surface area contributed by atoms with E-state index in [0.29, 0.717) is 6.42 Å². The number of ether oxygens (including phenoxy) is 1. The van der Waals surface area contributed by atoms with Crippen molar-refractivity contribution in [3.63, 3.8) is 0 Å². The molecular weight excluding hydrogens is 240 g/mol. The van der Waals surface area contributed by atoms with Gasteiger partial charge in [-0.25, -0.2) is 8.42 Å². The lowest BCUT2D eigenvalue weighted by molar-refractivity contribution is 0.171. The van der Waals surface area contributed by atoms with E-state index in [2.05, 4.69) is 0 Å². The van der Waals surface area contributed by atoms with Gasteiger partial charge in [-0.05, 0) is 30.5 Å². The molecule has 0 aromatic heterocycles. The third-order valence-corrected chi connectivity index (χ3v) is 3.43. The van der Waals surface area contributed by atoms with Crippen LogP contribution in [0.5, 0.6) is 5.75 Å².